The van der Waals surface area contributed by atoms with Gasteiger partial charge in [0.1, 0.15) is 12.1 Å². The predicted octanol–water partition coefficient (Wildman–Crippen LogP) is 6.77. The van der Waals surface area contributed by atoms with Crippen LogP contribution in [0.4, 0.5) is 0 Å². The molecule has 0 spiro atoms. The molecule has 1 aliphatic heterocycles. The number of ether oxygens (including phenoxy) is 1. The summed E-state index contributed by atoms with van der Waals surface area (Å²) >= 11 is 6.18. The first-order valence-corrected chi connectivity index (χ1v) is 12.5. The largest absolute Gasteiger partial charge is 0.438 e. The van der Waals surface area contributed by atoms with Crippen LogP contribution in [0, 0.1) is 0 Å². The van der Waals surface area contributed by atoms with Gasteiger partial charge in [-0.05, 0) is 17.0 Å². The third kappa shape index (κ3) is 3.84. The molecule has 0 aliphatic carbocycles. The predicted molar refractivity (Wildman–Crippen MR) is 146 cm³/mol. The minimum atomic E-state index is -0.132. The first kappa shape index (κ1) is 22.4. The Morgan fingerprint density at radius 2 is 1.76 bits per heavy atom. The van der Waals surface area contributed by atoms with Gasteiger partial charge in [-0.2, -0.15) is 0 Å². The molecule has 38 heavy (non-hydrogen) atoms. The van der Waals surface area contributed by atoms with Crippen molar-refractivity contribution >= 4 is 34.2 Å². The van der Waals surface area contributed by atoms with Gasteiger partial charge in [-0.1, -0.05) is 102 Å². The van der Waals surface area contributed by atoms with Crippen molar-refractivity contribution in [2.45, 2.75) is 12.5 Å². The monoisotopic (exact) mass is 517 g/mol. The van der Waals surface area contributed by atoms with Gasteiger partial charge >= 0.3 is 0 Å². The van der Waals surface area contributed by atoms with Crippen LogP contribution in [0.2, 0.25) is 5.02 Å². The SMILES string of the molecule is Clc1ccccc1/C=N\OCc1nc2c3c(ncn2n1)Oc1c(ccc2ccccc12)[C@@H]3c1ccccc1. The zero-order valence-corrected chi connectivity index (χ0v) is 20.8. The molecule has 7 nitrogen and oxygen atoms in total. The average molecular weight is 518 g/mol. The highest BCUT2D eigenvalue weighted by Crippen LogP contribution is 2.50. The second-order valence-corrected chi connectivity index (χ2v) is 9.35. The highest BCUT2D eigenvalue weighted by molar-refractivity contribution is 6.33. The summed E-state index contributed by atoms with van der Waals surface area (Å²) in [7, 11) is 0. The van der Waals surface area contributed by atoms with Crippen molar-refractivity contribution in [3.05, 3.63) is 130 Å². The topological polar surface area (TPSA) is 73.9 Å². The highest BCUT2D eigenvalue weighted by atomic mass is 35.5. The maximum absolute atomic E-state index is 6.46. The molecule has 0 saturated carbocycles. The fourth-order valence-electron chi connectivity index (χ4n) is 4.91. The summed E-state index contributed by atoms with van der Waals surface area (Å²) in [5.74, 6) is 1.68. The van der Waals surface area contributed by atoms with Gasteiger partial charge in [-0.25, -0.2) is 14.5 Å². The summed E-state index contributed by atoms with van der Waals surface area (Å²) in [6, 6.07) is 30.2. The normalized spacial score (nSPS) is 14.4. The summed E-state index contributed by atoms with van der Waals surface area (Å²) in [5.41, 5.74) is 4.47. The fourth-order valence-corrected chi connectivity index (χ4v) is 5.10. The van der Waals surface area contributed by atoms with Gasteiger partial charge in [0.25, 0.3) is 0 Å². The molecule has 8 heteroatoms. The zero-order chi connectivity index (χ0) is 25.5. The molecule has 0 saturated heterocycles. The van der Waals surface area contributed by atoms with Crippen LogP contribution in [-0.4, -0.2) is 25.8 Å². The van der Waals surface area contributed by atoms with Crippen LogP contribution in [0.5, 0.6) is 11.6 Å². The fraction of sp³-hybridized carbons (Fsp3) is 0.0667. The molecule has 1 aliphatic rings. The van der Waals surface area contributed by atoms with E-state index >= 15 is 0 Å². The Labute approximate surface area is 222 Å². The van der Waals surface area contributed by atoms with Crippen LogP contribution in [-0.2, 0) is 11.4 Å². The van der Waals surface area contributed by atoms with Crippen molar-refractivity contribution in [2.75, 3.05) is 0 Å². The summed E-state index contributed by atoms with van der Waals surface area (Å²) < 4.78 is 8.13. The molecule has 0 amide bonds. The maximum Gasteiger partial charge on any atom is 0.228 e. The van der Waals surface area contributed by atoms with Gasteiger partial charge in [0, 0.05) is 27.5 Å². The molecule has 0 radical (unpaired) electrons. The molecule has 6 aromatic rings. The molecule has 0 bridgehead atoms. The van der Waals surface area contributed by atoms with E-state index < -0.39 is 0 Å². The van der Waals surface area contributed by atoms with Crippen molar-refractivity contribution in [2.24, 2.45) is 5.16 Å². The number of rotatable bonds is 5. The summed E-state index contributed by atoms with van der Waals surface area (Å²) in [4.78, 5) is 14.9. The second kappa shape index (κ2) is 9.28. The lowest BCUT2D eigenvalue weighted by Crippen LogP contribution is -2.15. The molecule has 0 unspecified atom stereocenters. The van der Waals surface area contributed by atoms with E-state index in [1.807, 2.05) is 48.5 Å². The van der Waals surface area contributed by atoms with E-state index in [2.05, 4.69) is 51.6 Å². The van der Waals surface area contributed by atoms with Crippen molar-refractivity contribution in [3.8, 4) is 11.6 Å². The first-order valence-electron chi connectivity index (χ1n) is 12.1. The molecule has 3 heterocycles. The number of fused-ring (bicyclic) bond motifs is 6. The number of halogens is 1. The lowest BCUT2D eigenvalue weighted by atomic mass is 9.83. The molecule has 184 valence electrons. The van der Waals surface area contributed by atoms with E-state index in [9.17, 15) is 0 Å². The number of aromatic nitrogens is 4. The summed E-state index contributed by atoms with van der Waals surface area (Å²) in [6.07, 6.45) is 3.19. The molecule has 0 N–H and O–H groups in total. The molecule has 4 aromatic carbocycles. The standard InChI is InChI=1S/C30H20ClN5O2/c31-24-13-7-5-11-21(24)16-33-37-17-25-34-29-27-26(20-9-2-1-3-10-20)23-15-14-19-8-4-6-12-22(19)28(23)38-30(27)32-18-36(29)35-25/h1-16,18,26H,17H2/b33-16-/t26-/m0/s1. The van der Waals surface area contributed by atoms with Crippen molar-refractivity contribution in [1.29, 1.82) is 0 Å². The van der Waals surface area contributed by atoms with Crippen molar-refractivity contribution < 1.29 is 9.57 Å². The smallest absolute Gasteiger partial charge is 0.228 e. The van der Waals surface area contributed by atoms with Gasteiger partial charge < -0.3 is 9.57 Å². The Balaban J connectivity index is 1.29. The Morgan fingerprint density at radius 3 is 2.66 bits per heavy atom. The lowest BCUT2D eigenvalue weighted by Gasteiger charge is -2.28. The van der Waals surface area contributed by atoms with E-state index in [0.717, 1.165) is 38.8 Å². The second-order valence-electron chi connectivity index (χ2n) is 8.94. The van der Waals surface area contributed by atoms with Gasteiger partial charge in [0.05, 0.1) is 11.8 Å². The van der Waals surface area contributed by atoms with E-state index in [4.69, 9.17) is 26.2 Å². The van der Waals surface area contributed by atoms with Crippen LogP contribution >= 0.6 is 11.6 Å². The summed E-state index contributed by atoms with van der Waals surface area (Å²) in [6.45, 7) is 0.0927. The van der Waals surface area contributed by atoms with Crippen LogP contribution in [0.1, 0.15) is 34.0 Å². The Morgan fingerprint density at radius 1 is 0.947 bits per heavy atom. The van der Waals surface area contributed by atoms with Gasteiger partial charge in [0.2, 0.25) is 5.88 Å². The van der Waals surface area contributed by atoms with Gasteiger partial charge in [-0.3, -0.25) is 0 Å². The molecular formula is C30H20ClN5O2. The quantitative estimate of drug-likeness (QED) is 0.186. The molecule has 0 fully saturated rings. The van der Waals surface area contributed by atoms with Crippen molar-refractivity contribution in [3.63, 3.8) is 0 Å². The van der Waals surface area contributed by atoms with E-state index in [-0.39, 0.29) is 12.5 Å². The third-order valence-electron chi connectivity index (χ3n) is 6.64. The van der Waals surface area contributed by atoms with E-state index in [1.54, 1.807) is 23.1 Å². The highest BCUT2D eigenvalue weighted by Gasteiger charge is 2.34. The van der Waals surface area contributed by atoms with E-state index in [0.29, 0.717) is 22.4 Å². The minimum Gasteiger partial charge on any atom is -0.438 e. The Bertz CT molecular complexity index is 1830. The lowest BCUT2D eigenvalue weighted by molar-refractivity contribution is 0.126. The molecular weight excluding hydrogens is 498 g/mol. The minimum absolute atomic E-state index is 0.0927. The molecule has 7 rings (SSSR count). The average Bonchev–Trinajstić information content (AvgIpc) is 3.39. The van der Waals surface area contributed by atoms with Crippen molar-refractivity contribution in [1.82, 2.24) is 19.6 Å². The van der Waals surface area contributed by atoms with Crippen LogP contribution < -0.4 is 4.74 Å². The van der Waals surface area contributed by atoms with Gasteiger partial charge in [-0.15, -0.1) is 5.10 Å². The Kier molecular flexibility index (Phi) is 5.48. The molecule has 2 aromatic heterocycles. The number of oxime groups is 1. The molecule has 1 atom stereocenters. The van der Waals surface area contributed by atoms with Crippen LogP contribution in [0.3, 0.4) is 0 Å². The van der Waals surface area contributed by atoms with Crippen LogP contribution in [0.25, 0.3) is 16.4 Å². The zero-order valence-electron chi connectivity index (χ0n) is 20.0. The maximum atomic E-state index is 6.46. The number of benzene rings is 4. The Hall–Kier alpha value is -4.75. The number of hydrogen-bond donors (Lipinski definition) is 0. The third-order valence-corrected chi connectivity index (χ3v) is 6.98. The summed E-state index contributed by atoms with van der Waals surface area (Å²) in [5, 5.41) is 11.4. The number of hydrogen-bond acceptors (Lipinski definition) is 6. The first-order chi connectivity index (χ1) is 18.8. The van der Waals surface area contributed by atoms with E-state index in [1.165, 1.54) is 0 Å². The van der Waals surface area contributed by atoms with Crippen LogP contribution in [0.15, 0.2) is 102 Å². The number of nitrogens with zero attached hydrogens (tertiary/aromatic N) is 5. The van der Waals surface area contributed by atoms with Gasteiger partial charge in [0.15, 0.2) is 18.1 Å².